The summed E-state index contributed by atoms with van der Waals surface area (Å²) in [6.07, 6.45) is 0. The number of ether oxygens (including phenoxy) is 1. The van der Waals surface area contributed by atoms with Gasteiger partial charge in [0.15, 0.2) is 0 Å². The molecular weight excluding hydrogens is 259 g/mol. The number of carbonyl (C=O) groups is 1. The molecule has 0 saturated carbocycles. The molecule has 1 heterocycles. The normalized spacial score (nSPS) is 18.7. The van der Waals surface area contributed by atoms with E-state index in [4.69, 9.17) is 13.8 Å². The van der Waals surface area contributed by atoms with E-state index in [1.54, 1.807) is 18.7 Å². The van der Waals surface area contributed by atoms with E-state index in [1.807, 2.05) is 0 Å². The standard InChI is InChI=1S/C10H21N2O5P/c1-3-16-18(14,17-4-2)9(11)10(13)12-5-7-15-8-6-12/h9H,3-8,11H2,1-2H3/p+1. The second-order valence-corrected chi connectivity index (χ2v) is 6.05. The molecule has 1 unspecified atom stereocenters. The first kappa shape index (κ1) is 15.6. The van der Waals surface area contributed by atoms with Gasteiger partial charge in [-0.25, -0.2) is 0 Å². The van der Waals surface area contributed by atoms with Crippen molar-refractivity contribution >= 4 is 13.5 Å². The van der Waals surface area contributed by atoms with Crippen molar-refractivity contribution in [2.75, 3.05) is 39.5 Å². The van der Waals surface area contributed by atoms with Gasteiger partial charge in [-0.1, -0.05) is 0 Å². The SMILES string of the molecule is CCOP(=O)(OCC)C([NH3+])C(=O)N1CCOCC1. The zero-order chi connectivity index (χ0) is 13.6. The second-order valence-electron chi connectivity index (χ2n) is 3.83. The highest BCUT2D eigenvalue weighted by Gasteiger charge is 2.44. The lowest BCUT2D eigenvalue weighted by Crippen LogP contribution is -2.68. The fraction of sp³-hybridized carbons (Fsp3) is 0.900. The second kappa shape index (κ2) is 7.21. The molecule has 0 aromatic rings. The monoisotopic (exact) mass is 281 g/mol. The van der Waals surface area contributed by atoms with E-state index in [-0.39, 0.29) is 19.1 Å². The maximum absolute atomic E-state index is 12.4. The Morgan fingerprint density at radius 1 is 1.33 bits per heavy atom. The fourth-order valence-electron chi connectivity index (χ4n) is 1.71. The average molecular weight is 281 g/mol. The summed E-state index contributed by atoms with van der Waals surface area (Å²) in [4.78, 5) is 13.8. The molecule has 1 fully saturated rings. The molecule has 8 heteroatoms. The van der Waals surface area contributed by atoms with Crippen LogP contribution in [-0.4, -0.2) is 56.1 Å². The van der Waals surface area contributed by atoms with Crippen LogP contribution in [0.2, 0.25) is 0 Å². The molecule has 1 saturated heterocycles. The highest BCUT2D eigenvalue weighted by atomic mass is 31.2. The highest BCUT2D eigenvalue weighted by Crippen LogP contribution is 2.50. The van der Waals surface area contributed by atoms with Crippen molar-refractivity contribution < 1.29 is 28.9 Å². The Bertz CT molecular complexity index is 309. The summed E-state index contributed by atoms with van der Waals surface area (Å²) in [7, 11) is -3.48. The maximum Gasteiger partial charge on any atom is 0.397 e. The zero-order valence-corrected chi connectivity index (χ0v) is 11.9. The molecule has 1 aliphatic rings. The Morgan fingerprint density at radius 2 is 1.83 bits per heavy atom. The summed E-state index contributed by atoms with van der Waals surface area (Å²) in [5.41, 5.74) is 3.68. The molecule has 0 bridgehead atoms. The van der Waals surface area contributed by atoms with Crippen LogP contribution in [0.3, 0.4) is 0 Å². The Morgan fingerprint density at radius 3 is 2.28 bits per heavy atom. The topological polar surface area (TPSA) is 92.7 Å². The number of hydrogen-bond acceptors (Lipinski definition) is 5. The van der Waals surface area contributed by atoms with E-state index in [9.17, 15) is 9.36 Å². The molecule has 0 spiro atoms. The minimum Gasteiger partial charge on any atom is -0.378 e. The van der Waals surface area contributed by atoms with E-state index in [1.165, 1.54) is 0 Å². The number of nitrogens with zero attached hydrogens (tertiary/aromatic N) is 1. The smallest absolute Gasteiger partial charge is 0.378 e. The Hall–Kier alpha value is -0.460. The zero-order valence-electron chi connectivity index (χ0n) is 11.0. The van der Waals surface area contributed by atoms with Crippen LogP contribution >= 0.6 is 7.60 Å². The van der Waals surface area contributed by atoms with Crippen molar-refractivity contribution in [3.05, 3.63) is 0 Å². The van der Waals surface area contributed by atoms with Gasteiger partial charge in [-0.2, -0.15) is 0 Å². The van der Waals surface area contributed by atoms with Gasteiger partial charge >= 0.3 is 7.60 Å². The fourth-order valence-corrected chi connectivity index (χ4v) is 3.29. The molecule has 18 heavy (non-hydrogen) atoms. The first-order valence-corrected chi connectivity index (χ1v) is 7.74. The molecule has 0 aromatic heterocycles. The van der Waals surface area contributed by atoms with Gasteiger partial charge in [-0.05, 0) is 13.8 Å². The Labute approximate surface area is 107 Å². The summed E-state index contributed by atoms with van der Waals surface area (Å²) < 4.78 is 27.8. The largest absolute Gasteiger partial charge is 0.397 e. The van der Waals surface area contributed by atoms with Gasteiger partial charge < -0.3 is 24.4 Å². The first-order chi connectivity index (χ1) is 8.55. The van der Waals surface area contributed by atoms with Crippen LogP contribution in [0, 0.1) is 0 Å². The molecule has 1 amide bonds. The number of carbonyl (C=O) groups excluding carboxylic acids is 1. The third-order valence-corrected chi connectivity index (χ3v) is 4.83. The first-order valence-electron chi connectivity index (χ1n) is 6.13. The molecule has 3 N–H and O–H groups in total. The van der Waals surface area contributed by atoms with Gasteiger partial charge in [0, 0.05) is 13.1 Å². The van der Waals surface area contributed by atoms with E-state index in [0.29, 0.717) is 26.3 Å². The van der Waals surface area contributed by atoms with Gasteiger partial charge in [-0.15, -0.1) is 0 Å². The van der Waals surface area contributed by atoms with E-state index < -0.39 is 13.4 Å². The van der Waals surface area contributed by atoms with Gasteiger partial charge in [0.2, 0.25) is 0 Å². The molecule has 0 radical (unpaired) electrons. The summed E-state index contributed by atoms with van der Waals surface area (Å²) >= 11 is 0. The Balaban J connectivity index is 2.72. The van der Waals surface area contributed by atoms with Crippen LogP contribution in [-0.2, 0) is 23.1 Å². The molecule has 1 rings (SSSR count). The molecular formula is C10H22N2O5P+. The molecule has 0 aliphatic carbocycles. The third-order valence-electron chi connectivity index (χ3n) is 2.61. The van der Waals surface area contributed by atoms with Crippen LogP contribution in [0.15, 0.2) is 0 Å². The van der Waals surface area contributed by atoms with E-state index in [2.05, 4.69) is 5.73 Å². The molecule has 106 valence electrons. The van der Waals surface area contributed by atoms with E-state index >= 15 is 0 Å². The van der Waals surface area contributed by atoms with Crippen LogP contribution < -0.4 is 5.73 Å². The van der Waals surface area contributed by atoms with Crippen molar-refractivity contribution in [3.8, 4) is 0 Å². The summed E-state index contributed by atoms with van der Waals surface area (Å²) in [6.45, 7) is 5.82. The molecule has 7 nitrogen and oxygen atoms in total. The predicted octanol–water partition coefficient (Wildman–Crippen LogP) is -0.321. The molecule has 0 aromatic carbocycles. The lowest BCUT2D eigenvalue weighted by Gasteiger charge is -2.29. The van der Waals surface area contributed by atoms with Gasteiger partial charge in [0.25, 0.3) is 11.7 Å². The third kappa shape index (κ3) is 3.76. The minimum atomic E-state index is -3.48. The van der Waals surface area contributed by atoms with Crippen molar-refractivity contribution in [2.45, 2.75) is 19.6 Å². The highest BCUT2D eigenvalue weighted by molar-refractivity contribution is 7.55. The minimum absolute atomic E-state index is 0.222. The summed E-state index contributed by atoms with van der Waals surface area (Å²) in [5, 5.41) is 0. The average Bonchev–Trinajstić information content (AvgIpc) is 2.38. The van der Waals surface area contributed by atoms with Gasteiger partial charge in [-0.3, -0.25) is 9.36 Å². The maximum atomic E-state index is 12.4. The van der Waals surface area contributed by atoms with Crippen molar-refractivity contribution in [1.82, 2.24) is 4.90 Å². The predicted molar refractivity (Wildman–Crippen MR) is 64.9 cm³/mol. The molecule has 1 atom stereocenters. The number of quaternary nitrogens is 1. The van der Waals surface area contributed by atoms with Crippen LogP contribution in [0.4, 0.5) is 0 Å². The van der Waals surface area contributed by atoms with Crippen LogP contribution in [0.5, 0.6) is 0 Å². The van der Waals surface area contributed by atoms with Crippen molar-refractivity contribution in [2.24, 2.45) is 0 Å². The number of amides is 1. The lowest BCUT2D eigenvalue weighted by molar-refractivity contribution is -0.382. The number of rotatable bonds is 6. The quantitative estimate of drug-likeness (QED) is 0.673. The van der Waals surface area contributed by atoms with Crippen LogP contribution in [0.25, 0.3) is 0 Å². The van der Waals surface area contributed by atoms with Crippen molar-refractivity contribution in [3.63, 3.8) is 0 Å². The lowest BCUT2D eigenvalue weighted by atomic mass is 10.4. The summed E-state index contributed by atoms with van der Waals surface area (Å²) in [5.74, 6) is -1.32. The summed E-state index contributed by atoms with van der Waals surface area (Å²) in [6, 6.07) is 0. The van der Waals surface area contributed by atoms with Crippen molar-refractivity contribution in [1.29, 1.82) is 0 Å². The van der Waals surface area contributed by atoms with E-state index in [0.717, 1.165) is 0 Å². The van der Waals surface area contributed by atoms with Gasteiger partial charge in [0.05, 0.1) is 26.4 Å². The molecule has 1 aliphatic heterocycles. The number of morpholine rings is 1. The van der Waals surface area contributed by atoms with Gasteiger partial charge in [0.1, 0.15) is 0 Å². The Kier molecular flexibility index (Phi) is 6.25. The van der Waals surface area contributed by atoms with Crippen LogP contribution in [0.1, 0.15) is 13.8 Å². The number of hydrogen-bond donors (Lipinski definition) is 1.